The van der Waals surface area contributed by atoms with Gasteiger partial charge in [-0.05, 0) is 83.7 Å². The number of aryl methyl sites for hydroxylation is 1. The van der Waals surface area contributed by atoms with Crippen molar-refractivity contribution in [2.75, 3.05) is 24.3 Å². The van der Waals surface area contributed by atoms with Crippen LogP contribution in [0.2, 0.25) is 0 Å². The Balaban J connectivity index is 1.34. The van der Waals surface area contributed by atoms with E-state index in [1.807, 2.05) is 18.2 Å². The molecule has 0 fully saturated rings. The standard InChI is InChI=1S/C28H30N2O2S/c1-28(2)13-12-20-6-8-22(17-24(20)28)30-14-15-32-26-16-21(7-11-25(26)30)27(31)29-18-19-4-9-23(33-3)10-5-19/h4-11,16-17H,12-15,18H2,1-3H3,(H,29,31). The number of hydrogen-bond donors (Lipinski definition) is 1. The third kappa shape index (κ3) is 4.34. The van der Waals surface area contributed by atoms with E-state index in [1.54, 1.807) is 11.8 Å². The molecular formula is C28H30N2O2S. The van der Waals surface area contributed by atoms with Gasteiger partial charge in [0.25, 0.3) is 5.91 Å². The summed E-state index contributed by atoms with van der Waals surface area (Å²) < 4.78 is 5.96. The van der Waals surface area contributed by atoms with Gasteiger partial charge in [0.05, 0.1) is 12.2 Å². The number of hydrogen-bond acceptors (Lipinski definition) is 4. The lowest BCUT2D eigenvalue weighted by molar-refractivity contribution is 0.0950. The van der Waals surface area contributed by atoms with Crippen molar-refractivity contribution in [1.82, 2.24) is 5.32 Å². The summed E-state index contributed by atoms with van der Waals surface area (Å²) in [6.07, 6.45) is 4.41. The van der Waals surface area contributed by atoms with Crippen molar-refractivity contribution in [1.29, 1.82) is 0 Å². The highest BCUT2D eigenvalue weighted by Gasteiger charge is 2.31. The summed E-state index contributed by atoms with van der Waals surface area (Å²) in [6.45, 7) is 6.56. The molecule has 0 atom stereocenters. The normalized spacial score (nSPS) is 16.0. The molecule has 1 heterocycles. The van der Waals surface area contributed by atoms with Gasteiger partial charge >= 0.3 is 0 Å². The SMILES string of the molecule is CSc1ccc(CNC(=O)c2ccc3c(c2)OCCN3c2ccc3c(c2)C(C)(C)CC3)cc1. The summed E-state index contributed by atoms with van der Waals surface area (Å²) in [6, 6.07) is 20.9. The maximum Gasteiger partial charge on any atom is 0.251 e. The maximum atomic E-state index is 12.8. The van der Waals surface area contributed by atoms with Gasteiger partial charge in [-0.2, -0.15) is 0 Å². The van der Waals surface area contributed by atoms with E-state index in [0.717, 1.165) is 30.0 Å². The van der Waals surface area contributed by atoms with Crippen LogP contribution in [0.15, 0.2) is 65.6 Å². The molecule has 2 aliphatic rings. The molecule has 0 spiro atoms. The molecule has 33 heavy (non-hydrogen) atoms. The van der Waals surface area contributed by atoms with E-state index in [4.69, 9.17) is 4.74 Å². The molecule has 0 radical (unpaired) electrons. The number of amides is 1. The highest BCUT2D eigenvalue weighted by atomic mass is 32.2. The molecule has 1 aliphatic carbocycles. The number of carbonyl (C=O) groups excluding carboxylic acids is 1. The van der Waals surface area contributed by atoms with Crippen LogP contribution in [-0.2, 0) is 18.4 Å². The van der Waals surface area contributed by atoms with Crippen LogP contribution in [0.1, 0.15) is 47.3 Å². The Morgan fingerprint density at radius 3 is 2.70 bits per heavy atom. The topological polar surface area (TPSA) is 41.6 Å². The second kappa shape index (κ2) is 8.79. The van der Waals surface area contributed by atoms with Gasteiger partial charge in [-0.3, -0.25) is 4.79 Å². The van der Waals surface area contributed by atoms with Crippen LogP contribution in [-0.4, -0.2) is 25.3 Å². The second-order valence-electron chi connectivity index (χ2n) is 9.44. The summed E-state index contributed by atoms with van der Waals surface area (Å²) in [5.74, 6) is 0.671. The Morgan fingerprint density at radius 2 is 1.91 bits per heavy atom. The van der Waals surface area contributed by atoms with E-state index in [1.165, 1.54) is 28.1 Å². The predicted octanol–water partition coefficient (Wildman–Crippen LogP) is 6.09. The lowest BCUT2D eigenvalue weighted by Crippen LogP contribution is -2.29. The fraction of sp³-hybridized carbons (Fsp3) is 0.321. The molecule has 1 amide bonds. The minimum atomic E-state index is -0.0910. The third-order valence-corrected chi connectivity index (χ3v) is 7.59. The monoisotopic (exact) mass is 458 g/mol. The summed E-state index contributed by atoms with van der Waals surface area (Å²) >= 11 is 1.71. The maximum absolute atomic E-state index is 12.8. The molecule has 0 bridgehead atoms. The molecule has 3 aromatic rings. The molecule has 1 aliphatic heterocycles. The minimum Gasteiger partial charge on any atom is -0.490 e. The Hall–Kier alpha value is -2.92. The molecule has 0 saturated carbocycles. The molecule has 3 aromatic carbocycles. The Labute approximate surface area is 200 Å². The largest absolute Gasteiger partial charge is 0.490 e. The van der Waals surface area contributed by atoms with Crippen LogP contribution in [0.3, 0.4) is 0 Å². The molecule has 5 rings (SSSR count). The summed E-state index contributed by atoms with van der Waals surface area (Å²) in [5, 5.41) is 3.02. The van der Waals surface area contributed by atoms with Gasteiger partial charge in [-0.1, -0.05) is 32.0 Å². The number of fused-ring (bicyclic) bond motifs is 2. The van der Waals surface area contributed by atoms with Crippen molar-refractivity contribution in [2.24, 2.45) is 0 Å². The first-order valence-electron chi connectivity index (χ1n) is 11.5. The van der Waals surface area contributed by atoms with E-state index < -0.39 is 0 Å². The molecule has 1 N–H and O–H groups in total. The molecule has 0 aromatic heterocycles. The molecule has 5 heteroatoms. The second-order valence-corrected chi connectivity index (χ2v) is 10.3. The Kier molecular flexibility index (Phi) is 5.83. The van der Waals surface area contributed by atoms with E-state index in [-0.39, 0.29) is 11.3 Å². The number of nitrogens with zero attached hydrogens (tertiary/aromatic N) is 1. The van der Waals surface area contributed by atoms with E-state index in [2.05, 4.69) is 72.8 Å². The van der Waals surface area contributed by atoms with Crippen LogP contribution in [0.5, 0.6) is 5.75 Å². The van der Waals surface area contributed by atoms with E-state index >= 15 is 0 Å². The van der Waals surface area contributed by atoms with Crippen molar-refractivity contribution in [3.05, 3.63) is 82.9 Å². The quantitative estimate of drug-likeness (QED) is 0.470. The number of thioether (sulfide) groups is 1. The average Bonchev–Trinajstić information content (AvgIpc) is 3.16. The van der Waals surface area contributed by atoms with E-state index in [0.29, 0.717) is 18.7 Å². The van der Waals surface area contributed by atoms with Crippen molar-refractivity contribution >= 4 is 29.0 Å². The smallest absolute Gasteiger partial charge is 0.251 e. The first-order valence-corrected chi connectivity index (χ1v) is 12.8. The van der Waals surface area contributed by atoms with Crippen molar-refractivity contribution in [3.8, 4) is 5.75 Å². The minimum absolute atomic E-state index is 0.0910. The van der Waals surface area contributed by atoms with Gasteiger partial charge in [-0.25, -0.2) is 0 Å². The Bertz CT molecular complexity index is 1190. The van der Waals surface area contributed by atoms with Crippen molar-refractivity contribution < 1.29 is 9.53 Å². The highest BCUT2D eigenvalue weighted by molar-refractivity contribution is 7.98. The van der Waals surface area contributed by atoms with Gasteiger partial charge < -0.3 is 15.0 Å². The van der Waals surface area contributed by atoms with Crippen molar-refractivity contribution in [3.63, 3.8) is 0 Å². The lowest BCUT2D eigenvalue weighted by Gasteiger charge is -2.32. The van der Waals surface area contributed by atoms with Gasteiger partial charge in [-0.15, -0.1) is 11.8 Å². The first kappa shape index (κ1) is 21.9. The molecule has 0 unspecified atom stereocenters. The van der Waals surface area contributed by atoms with Gasteiger partial charge in [0.2, 0.25) is 0 Å². The number of nitrogens with one attached hydrogen (secondary N) is 1. The van der Waals surface area contributed by atoms with Crippen LogP contribution in [0.4, 0.5) is 11.4 Å². The van der Waals surface area contributed by atoms with Gasteiger partial charge in [0.1, 0.15) is 12.4 Å². The molecule has 170 valence electrons. The third-order valence-electron chi connectivity index (χ3n) is 6.85. The number of benzene rings is 3. The molecular weight excluding hydrogens is 428 g/mol. The fourth-order valence-corrected chi connectivity index (χ4v) is 5.23. The highest BCUT2D eigenvalue weighted by Crippen LogP contribution is 2.43. The Morgan fingerprint density at radius 1 is 1.09 bits per heavy atom. The molecule has 0 saturated heterocycles. The summed E-state index contributed by atoms with van der Waals surface area (Å²) in [4.78, 5) is 16.3. The van der Waals surface area contributed by atoms with Crippen LogP contribution >= 0.6 is 11.8 Å². The average molecular weight is 459 g/mol. The molecule has 4 nitrogen and oxygen atoms in total. The van der Waals surface area contributed by atoms with Crippen molar-refractivity contribution in [2.45, 2.75) is 43.5 Å². The number of ether oxygens (including phenoxy) is 1. The van der Waals surface area contributed by atoms with Gasteiger partial charge in [0.15, 0.2) is 0 Å². The number of anilines is 2. The van der Waals surface area contributed by atoms with Crippen LogP contribution in [0, 0.1) is 0 Å². The first-order chi connectivity index (χ1) is 15.9. The number of rotatable bonds is 5. The lowest BCUT2D eigenvalue weighted by atomic mass is 9.86. The van der Waals surface area contributed by atoms with Gasteiger partial charge in [0, 0.05) is 22.7 Å². The summed E-state index contributed by atoms with van der Waals surface area (Å²) in [5.41, 5.74) is 7.05. The fourth-order valence-electron chi connectivity index (χ4n) is 4.82. The van der Waals surface area contributed by atoms with Crippen LogP contribution < -0.4 is 15.0 Å². The van der Waals surface area contributed by atoms with E-state index in [9.17, 15) is 4.79 Å². The number of carbonyl (C=O) groups is 1. The summed E-state index contributed by atoms with van der Waals surface area (Å²) in [7, 11) is 0. The predicted molar refractivity (Wildman–Crippen MR) is 136 cm³/mol. The zero-order valence-corrected chi connectivity index (χ0v) is 20.3. The zero-order valence-electron chi connectivity index (χ0n) is 19.5. The van der Waals surface area contributed by atoms with Crippen LogP contribution in [0.25, 0.3) is 0 Å². The zero-order chi connectivity index (χ0) is 23.0.